The topological polar surface area (TPSA) is 49.4 Å². The van der Waals surface area contributed by atoms with Gasteiger partial charge in [0.05, 0.1) is 6.54 Å². The monoisotopic (exact) mass is 296 g/mol. The molecule has 1 aromatic carbocycles. The van der Waals surface area contributed by atoms with E-state index in [9.17, 15) is 9.59 Å². The number of nitrogens with zero attached hydrogens (tertiary/aromatic N) is 1. The Morgan fingerprint density at radius 2 is 1.85 bits per heavy atom. The fourth-order valence-corrected chi connectivity index (χ4v) is 1.99. The van der Waals surface area contributed by atoms with Gasteiger partial charge < -0.3 is 10.2 Å². The first-order chi connectivity index (χ1) is 9.40. The third-order valence-electron chi connectivity index (χ3n) is 2.99. The average Bonchev–Trinajstić information content (AvgIpc) is 2.37. The van der Waals surface area contributed by atoms with Gasteiger partial charge in [-0.1, -0.05) is 23.7 Å². The lowest BCUT2D eigenvalue weighted by molar-refractivity contribution is -0.135. The number of carbonyl (C=O) groups excluding carboxylic acids is 2. The van der Waals surface area contributed by atoms with E-state index < -0.39 is 0 Å². The lowest BCUT2D eigenvalue weighted by atomic mass is 10.1. The summed E-state index contributed by atoms with van der Waals surface area (Å²) in [5, 5.41) is 3.52. The van der Waals surface area contributed by atoms with Gasteiger partial charge in [0.25, 0.3) is 0 Å². The minimum Gasteiger partial charge on any atom is -0.354 e. The van der Waals surface area contributed by atoms with Crippen molar-refractivity contribution in [3.63, 3.8) is 0 Å². The van der Waals surface area contributed by atoms with Gasteiger partial charge in [0, 0.05) is 24.5 Å². The largest absolute Gasteiger partial charge is 0.354 e. The molecule has 1 rings (SSSR count). The number of benzene rings is 1. The smallest absolute Gasteiger partial charge is 0.239 e. The van der Waals surface area contributed by atoms with Crippen molar-refractivity contribution in [3.8, 4) is 0 Å². The minimum atomic E-state index is -0.136. The van der Waals surface area contributed by atoms with E-state index in [2.05, 4.69) is 5.32 Å². The fraction of sp³-hybridized carbons (Fsp3) is 0.467. The first kappa shape index (κ1) is 16.5. The van der Waals surface area contributed by atoms with Crippen LogP contribution in [0.1, 0.15) is 26.3 Å². The molecule has 1 N–H and O–H groups in total. The molecule has 0 aliphatic rings. The van der Waals surface area contributed by atoms with Crippen LogP contribution < -0.4 is 5.32 Å². The summed E-state index contributed by atoms with van der Waals surface area (Å²) in [6.45, 7) is 5.91. The van der Waals surface area contributed by atoms with E-state index in [-0.39, 0.29) is 24.4 Å². The van der Waals surface area contributed by atoms with Gasteiger partial charge in [-0.25, -0.2) is 0 Å². The second kappa shape index (κ2) is 7.90. The van der Waals surface area contributed by atoms with Gasteiger partial charge in [0.15, 0.2) is 0 Å². The highest BCUT2D eigenvalue weighted by atomic mass is 35.5. The van der Waals surface area contributed by atoms with Crippen molar-refractivity contribution >= 4 is 23.4 Å². The summed E-state index contributed by atoms with van der Waals surface area (Å²) in [6.07, 6.45) is 0.741. The molecule has 0 heterocycles. The zero-order valence-electron chi connectivity index (χ0n) is 12.1. The number of carbonyl (C=O) groups is 2. The number of nitrogens with one attached hydrogen (secondary N) is 1. The number of hydrogen-bond donors (Lipinski definition) is 1. The van der Waals surface area contributed by atoms with Crippen molar-refractivity contribution in [2.45, 2.75) is 33.2 Å². The number of halogens is 1. The Bertz CT molecular complexity index is 457. The van der Waals surface area contributed by atoms with Gasteiger partial charge in [0.2, 0.25) is 11.8 Å². The normalized spacial score (nSPS) is 10.4. The van der Waals surface area contributed by atoms with E-state index in [4.69, 9.17) is 11.6 Å². The van der Waals surface area contributed by atoms with Crippen LogP contribution in [0, 0.1) is 0 Å². The van der Waals surface area contributed by atoms with Crippen LogP contribution in [-0.4, -0.2) is 35.8 Å². The summed E-state index contributed by atoms with van der Waals surface area (Å²) < 4.78 is 0. The van der Waals surface area contributed by atoms with Crippen molar-refractivity contribution < 1.29 is 9.59 Å². The Morgan fingerprint density at radius 1 is 1.25 bits per heavy atom. The zero-order chi connectivity index (χ0) is 15.1. The third kappa shape index (κ3) is 5.61. The second-order valence-electron chi connectivity index (χ2n) is 4.97. The molecule has 0 saturated heterocycles. The van der Waals surface area contributed by atoms with Crippen LogP contribution in [0.3, 0.4) is 0 Å². The third-order valence-corrected chi connectivity index (χ3v) is 3.24. The molecule has 2 amide bonds. The molecule has 0 aliphatic heterocycles. The molecule has 0 radical (unpaired) electrons. The van der Waals surface area contributed by atoms with Crippen LogP contribution in [0.5, 0.6) is 0 Å². The first-order valence-corrected chi connectivity index (χ1v) is 7.06. The van der Waals surface area contributed by atoms with Crippen LogP contribution in [0.4, 0.5) is 0 Å². The van der Waals surface area contributed by atoms with Crippen molar-refractivity contribution in [2.75, 3.05) is 13.1 Å². The second-order valence-corrected chi connectivity index (χ2v) is 5.40. The highest BCUT2D eigenvalue weighted by Crippen LogP contribution is 2.09. The maximum atomic E-state index is 11.8. The Labute approximate surface area is 125 Å². The highest BCUT2D eigenvalue weighted by molar-refractivity contribution is 6.30. The maximum Gasteiger partial charge on any atom is 0.239 e. The van der Waals surface area contributed by atoms with Crippen LogP contribution >= 0.6 is 11.6 Å². The number of rotatable bonds is 6. The predicted molar refractivity (Wildman–Crippen MR) is 80.7 cm³/mol. The summed E-state index contributed by atoms with van der Waals surface area (Å²) in [7, 11) is 0. The lowest BCUT2D eigenvalue weighted by Crippen LogP contribution is -2.43. The van der Waals surface area contributed by atoms with E-state index in [1.807, 2.05) is 38.1 Å². The molecular weight excluding hydrogens is 276 g/mol. The van der Waals surface area contributed by atoms with Crippen molar-refractivity contribution in [1.29, 1.82) is 0 Å². The quantitative estimate of drug-likeness (QED) is 0.875. The van der Waals surface area contributed by atoms with Gasteiger partial charge >= 0.3 is 0 Å². The Balaban J connectivity index is 2.36. The van der Waals surface area contributed by atoms with Crippen molar-refractivity contribution in [1.82, 2.24) is 10.2 Å². The molecule has 0 saturated carbocycles. The summed E-state index contributed by atoms with van der Waals surface area (Å²) in [4.78, 5) is 24.7. The molecular formula is C15H21ClN2O2. The highest BCUT2D eigenvalue weighted by Gasteiger charge is 2.16. The van der Waals surface area contributed by atoms with Crippen LogP contribution in [0.2, 0.25) is 5.02 Å². The molecule has 4 nitrogen and oxygen atoms in total. The maximum absolute atomic E-state index is 11.8. The van der Waals surface area contributed by atoms with Gasteiger partial charge in [-0.05, 0) is 38.0 Å². The SMILES string of the molecule is CC(=O)N(CC(=O)NCCc1ccc(Cl)cc1)C(C)C. The summed E-state index contributed by atoms with van der Waals surface area (Å²) in [6, 6.07) is 7.55. The van der Waals surface area contributed by atoms with Crippen molar-refractivity contribution in [3.05, 3.63) is 34.9 Å². The molecule has 0 bridgehead atoms. The lowest BCUT2D eigenvalue weighted by Gasteiger charge is -2.24. The van der Waals surface area contributed by atoms with Gasteiger partial charge in [0.1, 0.15) is 0 Å². The van der Waals surface area contributed by atoms with E-state index in [0.717, 1.165) is 12.0 Å². The molecule has 20 heavy (non-hydrogen) atoms. The molecule has 0 fully saturated rings. The Morgan fingerprint density at radius 3 is 2.35 bits per heavy atom. The van der Waals surface area contributed by atoms with E-state index >= 15 is 0 Å². The first-order valence-electron chi connectivity index (χ1n) is 6.68. The van der Waals surface area contributed by atoms with E-state index in [1.54, 1.807) is 0 Å². The molecule has 1 aromatic rings. The molecule has 0 atom stereocenters. The summed E-state index contributed by atoms with van der Waals surface area (Å²) in [5.74, 6) is -0.226. The minimum absolute atomic E-state index is 0.0227. The van der Waals surface area contributed by atoms with Gasteiger partial charge in [-0.2, -0.15) is 0 Å². The Hall–Kier alpha value is -1.55. The van der Waals surface area contributed by atoms with Gasteiger partial charge in [-0.3, -0.25) is 9.59 Å². The average molecular weight is 297 g/mol. The Kier molecular flexibility index (Phi) is 6.52. The number of amides is 2. The standard InChI is InChI=1S/C15H21ClN2O2/c1-11(2)18(12(3)19)10-15(20)17-9-8-13-4-6-14(16)7-5-13/h4-7,11H,8-10H2,1-3H3,(H,17,20). The predicted octanol–water partition coefficient (Wildman–Crippen LogP) is 2.26. The molecule has 110 valence electrons. The summed E-state index contributed by atoms with van der Waals surface area (Å²) in [5.41, 5.74) is 1.11. The molecule has 5 heteroatoms. The van der Waals surface area contributed by atoms with E-state index in [0.29, 0.717) is 11.6 Å². The van der Waals surface area contributed by atoms with Gasteiger partial charge in [-0.15, -0.1) is 0 Å². The fourth-order valence-electron chi connectivity index (χ4n) is 1.87. The van der Waals surface area contributed by atoms with Crippen molar-refractivity contribution in [2.24, 2.45) is 0 Å². The number of hydrogen-bond acceptors (Lipinski definition) is 2. The van der Waals surface area contributed by atoms with Crippen LogP contribution in [0.15, 0.2) is 24.3 Å². The molecule has 0 unspecified atom stereocenters. The molecule has 0 aliphatic carbocycles. The zero-order valence-corrected chi connectivity index (χ0v) is 12.9. The van der Waals surface area contributed by atoms with Crippen LogP contribution in [-0.2, 0) is 16.0 Å². The van der Waals surface area contributed by atoms with Crippen LogP contribution in [0.25, 0.3) is 0 Å². The summed E-state index contributed by atoms with van der Waals surface area (Å²) >= 11 is 5.81. The molecule has 0 aromatic heterocycles. The molecule has 0 spiro atoms. The van der Waals surface area contributed by atoms with E-state index in [1.165, 1.54) is 11.8 Å².